The topological polar surface area (TPSA) is 16.8 Å². The number of nitrogens with zero attached hydrogens (tertiary/aromatic N) is 2. The molecule has 0 aromatic carbocycles. The minimum atomic E-state index is 0.533. The first-order valence-corrected chi connectivity index (χ1v) is 4.92. The number of rotatable bonds is 1. The van der Waals surface area contributed by atoms with Crippen molar-refractivity contribution in [2.45, 2.75) is 19.8 Å². The molecule has 0 bridgehead atoms. The second-order valence-electron chi connectivity index (χ2n) is 3.93. The van der Waals surface area contributed by atoms with Gasteiger partial charge in [-0.2, -0.15) is 0 Å². The lowest BCUT2D eigenvalue weighted by molar-refractivity contribution is -0.678. The molecular weight excluding hydrogens is 172 g/mol. The fourth-order valence-electron chi connectivity index (χ4n) is 1.95. The van der Waals surface area contributed by atoms with E-state index in [1.807, 2.05) is 12.4 Å². The summed E-state index contributed by atoms with van der Waals surface area (Å²) < 4.78 is 2.19. The standard InChI is InChI=1S/C12H15N2/c1-9(2)12-11-4-6-13-8-10(11)5-7-14(12)3/h4-9H,1-3H3/q+1. The quantitative estimate of drug-likeness (QED) is 0.625. The Bertz CT molecular complexity index is 461. The molecular formula is C12H15N2+. The van der Waals surface area contributed by atoms with E-state index in [0.717, 1.165) is 0 Å². The van der Waals surface area contributed by atoms with Crippen LogP contribution in [0.15, 0.2) is 30.7 Å². The van der Waals surface area contributed by atoms with Gasteiger partial charge in [-0.3, -0.25) is 4.98 Å². The highest BCUT2D eigenvalue weighted by molar-refractivity contribution is 5.82. The van der Waals surface area contributed by atoms with Crippen molar-refractivity contribution in [2.75, 3.05) is 0 Å². The summed E-state index contributed by atoms with van der Waals surface area (Å²) in [7, 11) is 2.09. The van der Waals surface area contributed by atoms with Gasteiger partial charge in [0.15, 0.2) is 11.9 Å². The zero-order chi connectivity index (χ0) is 10.1. The van der Waals surface area contributed by atoms with Gasteiger partial charge in [-0.15, -0.1) is 0 Å². The van der Waals surface area contributed by atoms with Gasteiger partial charge >= 0.3 is 0 Å². The van der Waals surface area contributed by atoms with Gasteiger partial charge in [0.1, 0.15) is 7.05 Å². The summed E-state index contributed by atoms with van der Waals surface area (Å²) in [5, 5.41) is 2.52. The minimum absolute atomic E-state index is 0.533. The molecule has 0 saturated heterocycles. The molecule has 0 N–H and O–H groups in total. The normalized spacial score (nSPS) is 11.1. The highest BCUT2D eigenvalue weighted by Gasteiger charge is 2.15. The number of aryl methyl sites for hydroxylation is 1. The van der Waals surface area contributed by atoms with Crippen LogP contribution in [0.5, 0.6) is 0 Å². The monoisotopic (exact) mass is 187 g/mol. The third-order valence-corrected chi connectivity index (χ3v) is 2.53. The van der Waals surface area contributed by atoms with Crippen molar-refractivity contribution in [3.05, 3.63) is 36.4 Å². The number of pyridine rings is 2. The van der Waals surface area contributed by atoms with E-state index in [4.69, 9.17) is 0 Å². The van der Waals surface area contributed by atoms with Gasteiger partial charge in [0.05, 0.1) is 5.39 Å². The van der Waals surface area contributed by atoms with Gasteiger partial charge in [0, 0.05) is 29.8 Å². The highest BCUT2D eigenvalue weighted by atomic mass is 14.9. The smallest absolute Gasteiger partial charge is 0.191 e. The van der Waals surface area contributed by atoms with E-state index in [2.05, 4.69) is 48.8 Å². The maximum atomic E-state index is 4.13. The fourth-order valence-corrected chi connectivity index (χ4v) is 1.95. The van der Waals surface area contributed by atoms with Gasteiger partial charge in [-0.1, -0.05) is 13.8 Å². The summed E-state index contributed by atoms with van der Waals surface area (Å²) in [6.45, 7) is 4.43. The van der Waals surface area contributed by atoms with Crippen LogP contribution in [0.4, 0.5) is 0 Å². The van der Waals surface area contributed by atoms with Crippen molar-refractivity contribution >= 4 is 10.8 Å². The van der Waals surface area contributed by atoms with Crippen molar-refractivity contribution in [2.24, 2.45) is 7.05 Å². The van der Waals surface area contributed by atoms with E-state index < -0.39 is 0 Å². The number of hydrogen-bond donors (Lipinski definition) is 0. The predicted molar refractivity (Wildman–Crippen MR) is 57.0 cm³/mol. The van der Waals surface area contributed by atoms with Crippen molar-refractivity contribution in [1.82, 2.24) is 4.98 Å². The molecule has 0 aliphatic heterocycles. The summed E-state index contributed by atoms with van der Waals surface area (Å²) >= 11 is 0. The van der Waals surface area contributed by atoms with Crippen LogP contribution in [-0.4, -0.2) is 4.98 Å². The molecule has 14 heavy (non-hydrogen) atoms. The molecule has 2 heteroatoms. The Kier molecular flexibility index (Phi) is 2.20. The van der Waals surface area contributed by atoms with E-state index >= 15 is 0 Å². The molecule has 2 aromatic heterocycles. The minimum Gasteiger partial charge on any atom is -0.264 e. The molecule has 0 amide bonds. The number of hydrogen-bond acceptors (Lipinski definition) is 1. The molecule has 0 spiro atoms. The van der Waals surface area contributed by atoms with E-state index in [9.17, 15) is 0 Å². The maximum Gasteiger partial charge on any atom is 0.191 e. The maximum absolute atomic E-state index is 4.13. The Morgan fingerprint density at radius 3 is 2.79 bits per heavy atom. The van der Waals surface area contributed by atoms with Crippen LogP contribution in [0.1, 0.15) is 25.5 Å². The lowest BCUT2D eigenvalue weighted by atomic mass is 10.0. The van der Waals surface area contributed by atoms with Crippen LogP contribution in [0, 0.1) is 0 Å². The lowest BCUT2D eigenvalue weighted by Crippen LogP contribution is -2.33. The van der Waals surface area contributed by atoms with E-state index in [1.54, 1.807) is 0 Å². The Balaban J connectivity index is 2.83. The Morgan fingerprint density at radius 2 is 2.07 bits per heavy atom. The van der Waals surface area contributed by atoms with Crippen molar-refractivity contribution in [3.8, 4) is 0 Å². The first-order valence-electron chi connectivity index (χ1n) is 4.92. The molecule has 2 heterocycles. The summed E-state index contributed by atoms with van der Waals surface area (Å²) in [6.07, 6.45) is 5.87. The fraction of sp³-hybridized carbons (Fsp3) is 0.333. The zero-order valence-electron chi connectivity index (χ0n) is 8.86. The summed E-state index contributed by atoms with van der Waals surface area (Å²) in [5.74, 6) is 0.533. The van der Waals surface area contributed by atoms with Gasteiger partial charge < -0.3 is 0 Å². The van der Waals surface area contributed by atoms with Crippen LogP contribution in [0.3, 0.4) is 0 Å². The largest absolute Gasteiger partial charge is 0.264 e. The molecule has 0 fully saturated rings. The van der Waals surface area contributed by atoms with Gasteiger partial charge in [-0.05, 0) is 6.07 Å². The summed E-state index contributed by atoms with van der Waals surface area (Å²) in [4.78, 5) is 4.13. The van der Waals surface area contributed by atoms with Crippen molar-refractivity contribution in [1.29, 1.82) is 0 Å². The second-order valence-corrected chi connectivity index (χ2v) is 3.93. The van der Waals surface area contributed by atoms with Crippen molar-refractivity contribution < 1.29 is 4.57 Å². The Labute approximate surface area is 84.2 Å². The van der Waals surface area contributed by atoms with E-state index in [1.165, 1.54) is 16.5 Å². The molecule has 2 rings (SSSR count). The molecule has 0 unspecified atom stereocenters. The SMILES string of the molecule is CC(C)c1c2ccncc2cc[n+]1C. The molecule has 0 radical (unpaired) electrons. The first-order chi connectivity index (χ1) is 6.70. The average molecular weight is 187 g/mol. The van der Waals surface area contributed by atoms with Gasteiger partial charge in [0.25, 0.3) is 0 Å². The van der Waals surface area contributed by atoms with Crippen LogP contribution < -0.4 is 4.57 Å². The Morgan fingerprint density at radius 1 is 1.29 bits per heavy atom. The second kappa shape index (κ2) is 3.37. The van der Waals surface area contributed by atoms with E-state index in [0.29, 0.717) is 5.92 Å². The third kappa shape index (κ3) is 1.37. The Hall–Kier alpha value is -1.44. The third-order valence-electron chi connectivity index (χ3n) is 2.53. The molecule has 2 nitrogen and oxygen atoms in total. The molecule has 0 atom stereocenters. The molecule has 0 aliphatic carbocycles. The molecule has 72 valence electrons. The van der Waals surface area contributed by atoms with Gasteiger partial charge in [-0.25, -0.2) is 4.57 Å². The predicted octanol–water partition coefficient (Wildman–Crippen LogP) is 2.18. The highest BCUT2D eigenvalue weighted by Crippen LogP contribution is 2.20. The first kappa shape index (κ1) is 9.13. The summed E-state index contributed by atoms with van der Waals surface area (Å²) in [5.41, 5.74) is 1.37. The zero-order valence-corrected chi connectivity index (χ0v) is 8.86. The molecule has 2 aromatic rings. The van der Waals surface area contributed by atoms with Crippen LogP contribution >= 0.6 is 0 Å². The number of fused-ring (bicyclic) bond motifs is 1. The number of aromatic nitrogens is 2. The van der Waals surface area contributed by atoms with Crippen LogP contribution in [0.25, 0.3) is 10.8 Å². The van der Waals surface area contributed by atoms with Crippen LogP contribution in [0.2, 0.25) is 0 Å². The van der Waals surface area contributed by atoms with E-state index in [-0.39, 0.29) is 0 Å². The lowest BCUT2D eigenvalue weighted by Gasteiger charge is -2.06. The van der Waals surface area contributed by atoms with Crippen molar-refractivity contribution in [3.63, 3.8) is 0 Å². The average Bonchev–Trinajstić information content (AvgIpc) is 2.17. The summed E-state index contributed by atoms with van der Waals surface area (Å²) in [6, 6.07) is 4.19. The van der Waals surface area contributed by atoms with Crippen LogP contribution in [-0.2, 0) is 7.05 Å². The molecule has 0 saturated carbocycles. The van der Waals surface area contributed by atoms with Gasteiger partial charge in [0.2, 0.25) is 0 Å². The molecule has 0 aliphatic rings.